The summed E-state index contributed by atoms with van der Waals surface area (Å²) in [6.07, 6.45) is 7.04. The van der Waals surface area contributed by atoms with E-state index in [2.05, 4.69) is 52.6 Å². The van der Waals surface area contributed by atoms with Crippen molar-refractivity contribution in [3.63, 3.8) is 0 Å². The number of aromatic nitrogens is 7. The van der Waals surface area contributed by atoms with Gasteiger partial charge in [-0.05, 0) is 18.0 Å². The van der Waals surface area contributed by atoms with Gasteiger partial charge in [-0.25, -0.2) is 34.2 Å². The van der Waals surface area contributed by atoms with E-state index in [1.54, 1.807) is 0 Å². The molecular weight excluding hydrogens is 500 g/mol. The van der Waals surface area contributed by atoms with E-state index in [0.29, 0.717) is 36.5 Å². The fourth-order valence-electron chi connectivity index (χ4n) is 4.22. The first-order chi connectivity index (χ1) is 18.0. The number of nitrogens with zero attached hydrogens (tertiary/aromatic N) is 8. The summed E-state index contributed by atoms with van der Waals surface area (Å²) in [4.78, 5) is 24.7. The van der Waals surface area contributed by atoms with Crippen LogP contribution in [0.4, 0.5) is 14.6 Å². The Kier molecular flexibility index (Phi) is 6.48. The largest absolute Gasteiger partial charge is 0.350 e. The Hall–Kier alpha value is -3.77. The molecule has 202 valence electrons. The van der Waals surface area contributed by atoms with Crippen LogP contribution >= 0.6 is 0 Å². The van der Waals surface area contributed by atoms with E-state index in [4.69, 9.17) is 11.1 Å². The van der Waals surface area contributed by atoms with Crippen LogP contribution in [0, 0.1) is 12.3 Å². The smallest absolute Gasteiger partial charge is 0.275 e. The fraction of sp³-hybridized carbons (Fsp3) is 0.609. The van der Waals surface area contributed by atoms with Gasteiger partial charge in [0.05, 0.1) is 12.2 Å². The molecule has 2 aliphatic rings. The highest BCUT2D eigenvalue weighted by molar-refractivity contribution is 5.93. The molecule has 2 saturated heterocycles. The van der Waals surface area contributed by atoms with E-state index < -0.39 is 23.8 Å². The number of fused-ring (bicyclic) bond motifs is 1. The van der Waals surface area contributed by atoms with E-state index in [1.165, 1.54) is 9.70 Å². The molecule has 5 heterocycles. The van der Waals surface area contributed by atoms with E-state index in [0.717, 1.165) is 6.42 Å². The third kappa shape index (κ3) is 5.41. The van der Waals surface area contributed by atoms with Gasteiger partial charge in [0, 0.05) is 31.3 Å². The summed E-state index contributed by atoms with van der Waals surface area (Å²) < 4.78 is 32.8. The molecule has 13 nitrogen and oxygen atoms in total. The van der Waals surface area contributed by atoms with Crippen molar-refractivity contribution in [2.75, 3.05) is 24.5 Å². The number of nitrogens with one attached hydrogen (secondary N) is 3. The van der Waals surface area contributed by atoms with E-state index in [-0.39, 0.29) is 42.2 Å². The van der Waals surface area contributed by atoms with Crippen molar-refractivity contribution >= 4 is 22.9 Å². The number of anilines is 1. The maximum Gasteiger partial charge on any atom is 0.275 e. The Bertz CT molecular complexity index is 1380. The quantitative estimate of drug-likeness (QED) is 0.268. The molecule has 3 N–H and O–H groups in total. The number of rotatable bonds is 9. The molecule has 2 aliphatic heterocycles. The van der Waals surface area contributed by atoms with Crippen molar-refractivity contribution in [2.45, 2.75) is 70.0 Å². The van der Waals surface area contributed by atoms with Gasteiger partial charge in [-0.1, -0.05) is 25.9 Å². The minimum absolute atomic E-state index is 0.00150. The Morgan fingerprint density at radius 3 is 2.66 bits per heavy atom. The van der Waals surface area contributed by atoms with Gasteiger partial charge >= 0.3 is 0 Å². The molecule has 38 heavy (non-hydrogen) atoms. The minimum atomic E-state index is -2.81. The third-order valence-corrected chi connectivity index (χ3v) is 6.49. The summed E-state index contributed by atoms with van der Waals surface area (Å²) in [5, 5.41) is 19.3. The van der Waals surface area contributed by atoms with Crippen molar-refractivity contribution in [1.82, 2.24) is 51.4 Å². The van der Waals surface area contributed by atoms with Crippen LogP contribution in [0.2, 0.25) is 0 Å². The molecule has 0 spiro atoms. The predicted molar refractivity (Wildman–Crippen MR) is 131 cm³/mol. The van der Waals surface area contributed by atoms with Crippen LogP contribution in [0.1, 0.15) is 68.5 Å². The first kappa shape index (κ1) is 25.9. The van der Waals surface area contributed by atoms with Crippen LogP contribution < -0.4 is 21.1 Å². The number of alkyl halides is 2. The number of carbonyl (C=O) groups excluding carboxylic acids is 1. The predicted octanol–water partition coefficient (Wildman–Crippen LogP) is 1.13. The molecule has 0 atom stereocenters. The van der Waals surface area contributed by atoms with Crippen LogP contribution in [-0.4, -0.2) is 72.4 Å². The molecule has 0 bridgehead atoms. The molecule has 1 amide bonds. The average Bonchev–Trinajstić information content (AvgIpc) is 3.16. The maximum atomic E-state index is 14.0. The van der Waals surface area contributed by atoms with Crippen LogP contribution in [0.25, 0.3) is 11.2 Å². The van der Waals surface area contributed by atoms with Gasteiger partial charge < -0.3 is 10.2 Å². The maximum absolute atomic E-state index is 14.0. The molecule has 0 aliphatic carbocycles. The van der Waals surface area contributed by atoms with Gasteiger partial charge in [-0.15, -0.1) is 22.5 Å². The lowest BCUT2D eigenvalue weighted by molar-refractivity contribution is 0.0256. The fourth-order valence-corrected chi connectivity index (χ4v) is 4.22. The zero-order valence-electron chi connectivity index (χ0n) is 21.4. The number of halogens is 2. The Morgan fingerprint density at radius 1 is 1.21 bits per heavy atom. The number of hydrazine groups is 1. The molecule has 0 radical (unpaired) electrons. The summed E-state index contributed by atoms with van der Waals surface area (Å²) in [6, 6.07) is 0. The summed E-state index contributed by atoms with van der Waals surface area (Å²) in [6.45, 7) is 5.80. The van der Waals surface area contributed by atoms with Crippen molar-refractivity contribution in [2.24, 2.45) is 0 Å². The summed E-state index contributed by atoms with van der Waals surface area (Å²) in [5.74, 6) is 0.104. The van der Waals surface area contributed by atoms with E-state index in [1.807, 2.05) is 20.8 Å². The average molecular weight is 530 g/mol. The molecular formula is C23H29F2N11O2. The first-order valence-electron chi connectivity index (χ1n) is 12.3. The van der Waals surface area contributed by atoms with Crippen molar-refractivity contribution < 1.29 is 18.2 Å². The molecule has 5 rings (SSSR count). The number of hydrogen-bond donors (Lipinski definition) is 3. The van der Waals surface area contributed by atoms with Crippen molar-refractivity contribution in [1.29, 1.82) is 0 Å². The molecule has 0 aromatic carbocycles. The second-order valence-corrected chi connectivity index (χ2v) is 10.7. The SMILES string of the molecule is C#CCCC1(CCNC(=O)c2nonc2Cn2nc3nc(C(C)(C)C)nc(N4CCC(F)(F)C4)c3n2)NN1. The lowest BCUT2D eigenvalue weighted by Crippen LogP contribution is -2.31. The van der Waals surface area contributed by atoms with Gasteiger partial charge in [-0.3, -0.25) is 4.79 Å². The molecule has 2 fully saturated rings. The van der Waals surface area contributed by atoms with E-state index in [9.17, 15) is 13.6 Å². The van der Waals surface area contributed by atoms with Crippen LogP contribution in [0.15, 0.2) is 4.63 Å². The number of hydrogen-bond acceptors (Lipinski definition) is 11. The highest BCUT2D eigenvalue weighted by atomic mass is 19.3. The third-order valence-electron chi connectivity index (χ3n) is 6.49. The molecule has 0 unspecified atom stereocenters. The molecule has 0 saturated carbocycles. The number of carbonyl (C=O) groups is 1. The Labute approximate surface area is 217 Å². The number of terminal acetylenes is 1. The van der Waals surface area contributed by atoms with Crippen LogP contribution in [-0.2, 0) is 12.0 Å². The standard InChI is InChI=1S/C23H29F2N11O2/c1-5-6-7-23(33-34-23)8-10-26-19(37)15-14(31-38-32-15)12-36-29-16-17(30-36)27-20(21(2,3)4)28-18(16)35-11-9-22(24,25)13-35/h1,33-34H,6-13H2,2-4H3,(H,26,37). The summed E-state index contributed by atoms with van der Waals surface area (Å²) in [7, 11) is 0. The van der Waals surface area contributed by atoms with Gasteiger partial charge in [0.15, 0.2) is 17.0 Å². The lowest BCUT2D eigenvalue weighted by atomic mass is 9.96. The second kappa shape index (κ2) is 9.52. The monoisotopic (exact) mass is 529 g/mol. The second-order valence-electron chi connectivity index (χ2n) is 10.7. The summed E-state index contributed by atoms with van der Waals surface area (Å²) >= 11 is 0. The zero-order chi connectivity index (χ0) is 27.1. The van der Waals surface area contributed by atoms with Gasteiger partial charge in [0.2, 0.25) is 5.65 Å². The molecule has 3 aromatic heterocycles. The minimum Gasteiger partial charge on any atom is -0.350 e. The highest BCUT2D eigenvalue weighted by Gasteiger charge is 2.41. The topological polar surface area (TPSA) is 172 Å². The van der Waals surface area contributed by atoms with Crippen LogP contribution in [0.5, 0.6) is 0 Å². The van der Waals surface area contributed by atoms with Gasteiger partial charge in [0.25, 0.3) is 11.8 Å². The Morgan fingerprint density at radius 2 is 2.00 bits per heavy atom. The number of amides is 1. The van der Waals surface area contributed by atoms with E-state index >= 15 is 0 Å². The first-order valence-corrected chi connectivity index (χ1v) is 12.3. The normalized spacial score (nSPS) is 18.1. The molecule has 15 heteroatoms. The van der Waals surface area contributed by atoms with Crippen molar-refractivity contribution in [3.8, 4) is 12.3 Å². The lowest BCUT2D eigenvalue weighted by Gasteiger charge is -2.21. The van der Waals surface area contributed by atoms with Crippen LogP contribution in [0.3, 0.4) is 0 Å². The van der Waals surface area contributed by atoms with Gasteiger partial charge in [-0.2, -0.15) is 4.80 Å². The highest BCUT2D eigenvalue weighted by Crippen LogP contribution is 2.34. The van der Waals surface area contributed by atoms with Crippen molar-refractivity contribution in [3.05, 3.63) is 17.2 Å². The summed E-state index contributed by atoms with van der Waals surface area (Å²) in [5.41, 5.74) is 6.20. The Balaban J connectivity index is 1.34. The van der Waals surface area contributed by atoms with Gasteiger partial charge in [0.1, 0.15) is 18.1 Å². The zero-order valence-corrected chi connectivity index (χ0v) is 21.4. The molecule has 3 aromatic rings.